The van der Waals surface area contributed by atoms with Gasteiger partial charge in [0.15, 0.2) is 0 Å². The molecule has 17 heavy (non-hydrogen) atoms. The summed E-state index contributed by atoms with van der Waals surface area (Å²) >= 11 is 5.46. The molecular weight excluding hydrogens is 294 g/mol. The Hall–Kier alpha value is 0.140. The third-order valence-corrected chi connectivity index (χ3v) is 5.92. The van der Waals surface area contributed by atoms with Crippen LogP contribution in [0.2, 0.25) is 0 Å². The zero-order chi connectivity index (χ0) is 12.5. The molecule has 1 aliphatic carbocycles. The van der Waals surface area contributed by atoms with Crippen molar-refractivity contribution in [1.82, 2.24) is 5.32 Å². The highest BCUT2D eigenvalue weighted by Crippen LogP contribution is 2.36. The molecule has 1 aliphatic rings. The molecule has 0 bridgehead atoms. The van der Waals surface area contributed by atoms with Crippen LogP contribution in [0.1, 0.15) is 57.4 Å². The summed E-state index contributed by atoms with van der Waals surface area (Å²) in [7, 11) is 0. The molecule has 2 rings (SSSR count). The molecule has 0 aliphatic heterocycles. The van der Waals surface area contributed by atoms with E-state index in [2.05, 4.69) is 53.5 Å². The van der Waals surface area contributed by atoms with Gasteiger partial charge in [-0.15, -0.1) is 11.3 Å². The Kier molecular flexibility index (Phi) is 4.32. The highest BCUT2D eigenvalue weighted by molar-refractivity contribution is 9.10. The van der Waals surface area contributed by atoms with Gasteiger partial charge in [0.05, 0.1) is 0 Å². The van der Waals surface area contributed by atoms with E-state index in [1.165, 1.54) is 35.0 Å². The normalized spacial score (nSPS) is 22.6. The lowest BCUT2D eigenvalue weighted by Gasteiger charge is -2.36. The molecule has 1 atom stereocenters. The van der Waals surface area contributed by atoms with Crippen LogP contribution in [0.5, 0.6) is 0 Å². The van der Waals surface area contributed by atoms with Gasteiger partial charge in [0.25, 0.3) is 0 Å². The van der Waals surface area contributed by atoms with Crippen LogP contribution in [0, 0.1) is 5.41 Å². The summed E-state index contributed by atoms with van der Waals surface area (Å²) in [5, 5.41) is 5.93. The maximum absolute atomic E-state index is 3.78. The van der Waals surface area contributed by atoms with Crippen molar-refractivity contribution in [3.63, 3.8) is 0 Å². The van der Waals surface area contributed by atoms with E-state index in [9.17, 15) is 0 Å². The highest BCUT2D eigenvalue weighted by Gasteiger charge is 2.27. The standard InChI is InChI=1S/C14H22BrNS/c1-10(13-12(15)6-9-17-13)16-11-4-7-14(2,3)8-5-11/h6,9-11,16H,4-5,7-8H2,1-3H3. The van der Waals surface area contributed by atoms with E-state index in [4.69, 9.17) is 0 Å². The summed E-state index contributed by atoms with van der Waals surface area (Å²) in [6.07, 6.45) is 5.34. The number of hydrogen-bond donors (Lipinski definition) is 1. The molecule has 0 radical (unpaired) electrons. The smallest absolute Gasteiger partial charge is 0.0399 e. The van der Waals surface area contributed by atoms with Crippen molar-refractivity contribution in [2.24, 2.45) is 5.41 Å². The Morgan fingerprint density at radius 3 is 2.59 bits per heavy atom. The molecule has 0 amide bonds. The Labute approximate surface area is 117 Å². The van der Waals surface area contributed by atoms with Crippen LogP contribution >= 0.6 is 27.3 Å². The quantitative estimate of drug-likeness (QED) is 0.815. The molecule has 3 heteroatoms. The molecule has 0 aromatic carbocycles. The third kappa shape index (κ3) is 3.55. The summed E-state index contributed by atoms with van der Waals surface area (Å²) in [6, 6.07) is 3.31. The molecule has 1 aromatic heterocycles. The second-order valence-corrected chi connectivity index (χ2v) is 7.76. The first-order chi connectivity index (χ1) is 7.98. The van der Waals surface area contributed by atoms with E-state index in [0.29, 0.717) is 17.5 Å². The topological polar surface area (TPSA) is 12.0 Å². The van der Waals surface area contributed by atoms with E-state index < -0.39 is 0 Å². The average molecular weight is 316 g/mol. The molecule has 1 nitrogen and oxygen atoms in total. The van der Waals surface area contributed by atoms with Crippen LogP contribution in [-0.2, 0) is 0 Å². The van der Waals surface area contributed by atoms with Gasteiger partial charge in [0.2, 0.25) is 0 Å². The van der Waals surface area contributed by atoms with Crippen molar-refractivity contribution in [1.29, 1.82) is 0 Å². The largest absolute Gasteiger partial charge is 0.307 e. The lowest BCUT2D eigenvalue weighted by atomic mass is 9.75. The molecule has 0 spiro atoms. The first-order valence-electron chi connectivity index (χ1n) is 6.47. The van der Waals surface area contributed by atoms with Crippen LogP contribution in [0.25, 0.3) is 0 Å². The van der Waals surface area contributed by atoms with Crippen LogP contribution in [0.15, 0.2) is 15.9 Å². The minimum Gasteiger partial charge on any atom is -0.307 e. The number of hydrogen-bond acceptors (Lipinski definition) is 2. The highest BCUT2D eigenvalue weighted by atomic mass is 79.9. The van der Waals surface area contributed by atoms with Gasteiger partial charge in [0, 0.05) is 21.4 Å². The molecule has 1 N–H and O–H groups in total. The van der Waals surface area contributed by atoms with E-state index in [0.717, 1.165) is 0 Å². The Morgan fingerprint density at radius 1 is 1.41 bits per heavy atom. The Morgan fingerprint density at radius 2 is 2.06 bits per heavy atom. The molecule has 1 saturated carbocycles. The third-order valence-electron chi connectivity index (χ3n) is 3.86. The van der Waals surface area contributed by atoms with Gasteiger partial charge in [-0.05, 0) is 65.4 Å². The van der Waals surface area contributed by atoms with E-state index >= 15 is 0 Å². The van der Waals surface area contributed by atoms with Crippen molar-refractivity contribution < 1.29 is 0 Å². The summed E-state index contributed by atoms with van der Waals surface area (Å²) in [5.74, 6) is 0. The van der Waals surface area contributed by atoms with Crippen LogP contribution in [-0.4, -0.2) is 6.04 Å². The van der Waals surface area contributed by atoms with Crippen LogP contribution in [0.3, 0.4) is 0 Å². The molecule has 96 valence electrons. The number of nitrogens with one attached hydrogen (secondary N) is 1. The second kappa shape index (κ2) is 5.41. The van der Waals surface area contributed by atoms with Gasteiger partial charge in [0.1, 0.15) is 0 Å². The minimum atomic E-state index is 0.468. The minimum absolute atomic E-state index is 0.468. The second-order valence-electron chi connectivity index (χ2n) is 5.96. The van der Waals surface area contributed by atoms with Crippen molar-refractivity contribution in [3.05, 3.63) is 20.8 Å². The summed E-state index contributed by atoms with van der Waals surface area (Å²) in [5.41, 5.74) is 0.560. The average Bonchev–Trinajstić information content (AvgIpc) is 2.68. The molecule has 1 heterocycles. The van der Waals surface area contributed by atoms with Crippen molar-refractivity contribution in [2.75, 3.05) is 0 Å². The van der Waals surface area contributed by atoms with Gasteiger partial charge in [-0.1, -0.05) is 13.8 Å². The summed E-state index contributed by atoms with van der Waals surface area (Å²) in [6.45, 7) is 7.06. The lowest BCUT2D eigenvalue weighted by Crippen LogP contribution is -2.36. The number of thiophene rings is 1. The first-order valence-corrected chi connectivity index (χ1v) is 8.14. The van der Waals surface area contributed by atoms with Gasteiger partial charge >= 0.3 is 0 Å². The molecule has 1 fully saturated rings. The van der Waals surface area contributed by atoms with Crippen molar-refractivity contribution in [3.8, 4) is 0 Å². The first kappa shape index (κ1) is 13.6. The van der Waals surface area contributed by atoms with Crippen molar-refractivity contribution in [2.45, 2.75) is 58.5 Å². The molecule has 0 saturated heterocycles. The zero-order valence-electron chi connectivity index (χ0n) is 10.9. The Balaban J connectivity index is 1.88. The Bertz CT molecular complexity index is 362. The molecule has 1 unspecified atom stereocenters. The SMILES string of the molecule is CC(NC1CCC(C)(C)CC1)c1sccc1Br. The van der Waals surface area contributed by atoms with E-state index in [1.54, 1.807) is 0 Å². The van der Waals surface area contributed by atoms with Crippen LogP contribution < -0.4 is 5.32 Å². The zero-order valence-corrected chi connectivity index (χ0v) is 13.3. The summed E-state index contributed by atoms with van der Waals surface area (Å²) < 4.78 is 1.25. The van der Waals surface area contributed by atoms with Gasteiger partial charge in [-0.3, -0.25) is 0 Å². The summed E-state index contributed by atoms with van der Waals surface area (Å²) in [4.78, 5) is 1.43. The predicted octanol–water partition coefficient (Wildman–Crippen LogP) is 5.13. The maximum atomic E-state index is 3.78. The predicted molar refractivity (Wildman–Crippen MR) is 79.6 cm³/mol. The van der Waals surface area contributed by atoms with Gasteiger partial charge in [-0.25, -0.2) is 0 Å². The monoisotopic (exact) mass is 315 g/mol. The fourth-order valence-corrected chi connectivity index (χ4v) is 4.34. The fourth-order valence-electron chi connectivity index (χ4n) is 2.61. The lowest BCUT2D eigenvalue weighted by molar-refractivity contribution is 0.200. The number of rotatable bonds is 3. The van der Waals surface area contributed by atoms with Crippen LogP contribution in [0.4, 0.5) is 0 Å². The fraction of sp³-hybridized carbons (Fsp3) is 0.714. The van der Waals surface area contributed by atoms with Gasteiger partial charge in [-0.2, -0.15) is 0 Å². The molecular formula is C14H22BrNS. The molecule has 1 aromatic rings. The maximum Gasteiger partial charge on any atom is 0.0399 e. The number of halogens is 1. The van der Waals surface area contributed by atoms with Crippen molar-refractivity contribution >= 4 is 27.3 Å². The van der Waals surface area contributed by atoms with E-state index in [1.807, 2.05) is 11.3 Å². The van der Waals surface area contributed by atoms with E-state index in [-0.39, 0.29) is 0 Å². The van der Waals surface area contributed by atoms with Gasteiger partial charge < -0.3 is 5.32 Å².